The first-order valence-corrected chi connectivity index (χ1v) is 9.92. The Morgan fingerprint density at radius 1 is 1.46 bits per heavy atom. The van der Waals surface area contributed by atoms with E-state index in [1.807, 2.05) is 6.07 Å². The van der Waals surface area contributed by atoms with Crippen LogP contribution >= 0.6 is 0 Å². The number of rotatable bonds is 5. The molecule has 28 heavy (non-hydrogen) atoms. The fourth-order valence-corrected chi connectivity index (χ4v) is 4.26. The molecule has 1 heterocycles. The Morgan fingerprint density at radius 2 is 2.29 bits per heavy atom. The van der Waals surface area contributed by atoms with E-state index in [4.69, 9.17) is 10.00 Å². The van der Waals surface area contributed by atoms with Gasteiger partial charge in [-0.05, 0) is 30.5 Å². The van der Waals surface area contributed by atoms with Gasteiger partial charge < -0.3 is 15.0 Å². The fourth-order valence-electron chi connectivity index (χ4n) is 4.26. The number of hydrogen-bond acceptors (Lipinski definition) is 5. The van der Waals surface area contributed by atoms with Crippen molar-refractivity contribution < 1.29 is 13.9 Å². The van der Waals surface area contributed by atoms with Crippen molar-refractivity contribution in [1.29, 1.82) is 5.26 Å². The monoisotopic (exact) mass is 388 g/mol. The van der Waals surface area contributed by atoms with Gasteiger partial charge >= 0.3 is 0 Å². The predicted octanol–water partition coefficient (Wildman–Crippen LogP) is 1.89. The van der Waals surface area contributed by atoms with Crippen molar-refractivity contribution in [2.45, 2.75) is 43.9 Å². The molecule has 1 aliphatic carbocycles. The van der Waals surface area contributed by atoms with Gasteiger partial charge in [0.15, 0.2) is 0 Å². The lowest BCUT2D eigenvalue weighted by atomic mass is 9.78. The van der Waals surface area contributed by atoms with Gasteiger partial charge in [-0.3, -0.25) is 9.69 Å². The third kappa shape index (κ3) is 4.69. The number of benzene rings is 1. The molecular formula is C21H29FN4O2. The lowest BCUT2D eigenvalue weighted by Crippen LogP contribution is -2.63. The fraction of sp³-hybridized carbons (Fsp3) is 0.619. The topological polar surface area (TPSA) is 68.6 Å². The zero-order valence-electron chi connectivity index (χ0n) is 16.7. The van der Waals surface area contributed by atoms with Gasteiger partial charge in [-0.15, -0.1) is 0 Å². The molecule has 1 saturated heterocycles. The summed E-state index contributed by atoms with van der Waals surface area (Å²) in [6.45, 7) is 3.16. The van der Waals surface area contributed by atoms with Crippen LogP contribution < -0.4 is 5.32 Å². The maximum atomic E-state index is 13.6. The van der Waals surface area contributed by atoms with Crippen LogP contribution in [0.15, 0.2) is 18.2 Å². The van der Waals surface area contributed by atoms with E-state index < -0.39 is 5.82 Å². The maximum absolute atomic E-state index is 13.6. The molecule has 1 aliphatic heterocycles. The van der Waals surface area contributed by atoms with Crippen LogP contribution in [0.2, 0.25) is 0 Å². The Labute approximate surface area is 166 Å². The van der Waals surface area contributed by atoms with Crippen molar-refractivity contribution in [2.75, 3.05) is 40.3 Å². The van der Waals surface area contributed by atoms with Crippen molar-refractivity contribution in [3.8, 4) is 6.07 Å². The highest BCUT2D eigenvalue weighted by molar-refractivity contribution is 5.77. The molecule has 0 radical (unpaired) electrons. The minimum atomic E-state index is -0.480. The van der Waals surface area contributed by atoms with E-state index in [9.17, 15) is 9.18 Å². The summed E-state index contributed by atoms with van der Waals surface area (Å²) < 4.78 is 19.9. The molecule has 2 atom stereocenters. The van der Waals surface area contributed by atoms with Crippen molar-refractivity contribution in [2.24, 2.45) is 0 Å². The quantitative estimate of drug-likeness (QED) is 0.834. The molecule has 152 valence electrons. The number of carbonyl (C=O) groups is 1. The van der Waals surface area contributed by atoms with E-state index in [2.05, 4.69) is 10.2 Å². The number of carbonyl (C=O) groups excluding carboxylic acids is 1. The summed E-state index contributed by atoms with van der Waals surface area (Å²) in [6.07, 6.45) is 4.19. The summed E-state index contributed by atoms with van der Waals surface area (Å²) in [7, 11) is 3.52. The van der Waals surface area contributed by atoms with Gasteiger partial charge in [0.2, 0.25) is 5.91 Å². The number of nitrogens with one attached hydrogen (secondary N) is 1. The molecule has 1 aromatic rings. The number of halogens is 1. The van der Waals surface area contributed by atoms with Crippen LogP contribution in [-0.4, -0.2) is 67.7 Å². The SMILES string of the molecule is CN(C)C(=O)CN[C@H]1CCCC[C@]12CN(Cc1ccc(F)c(C#N)c1)CCO2. The first-order valence-electron chi connectivity index (χ1n) is 9.92. The molecule has 1 aromatic carbocycles. The minimum absolute atomic E-state index is 0.0590. The van der Waals surface area contributed by atoms with Crippen LogP contribution in [0.1, 0.15) is 36.8 Å². The van der Waals surface area contributed by atoms with E-state index in [-0.39, 0.29) is 23.1 Å². The highest BCUT2D eigenvalue weighted by Crippen LogP contribution is 2.35. The molecule has 7 heteroatoms. The number of hydrogen-bond donors (Lipinski definition) is 1. The second-order valence-electron chi connectivity index (χ2n) is 8.02. The average Bonchev–Trinajstić information content (AvgIpc) is 2.68. The van der Waals surface area contributed by atoms with Crippen LogP contribution in [0.3, 0.4) is 0 Å². The third-order valence-electron chi connectivity index (χ3n) is 5.82. The van der Waals surface area contributed by atoms with Gasteiger partial charge in [-0.25, -0.2) is 4.39 Å². The summed E-state index contributed by atoms with van der Waals surface area (Å²) in [5, 5.41) is 12.5. The van der Waals surface area contributed by atoms with Gasteiger partial charge in [0.05, 0.1) is 24.3 Å². The molecule has 6 nitrogen and oxygen atoms in total. The number of morpholine rings is 1. The molecule has 0 aromatic heterocycles. The lowest BCUT2D eigenvalue weighted by molar-refractivity contribution is -0.147. The number of likely N-dealkylation sites (N-methyl/N-ethyl adjacent to an activating group) is 1. The highest BCUT2D eigenvalue weighted by atomic mass is 19.1. The van der Waals surface area contributed by atoms with Crippen LogP contribution in [0, 0.1) is 17.1 Å². The molecule has 3 rings (SSSR count). The molecule has 0 unspecified atom stereocenters. The Kier molecular flexibility index (Phi) is 6.65. The normalized spacial score (nSPS) is 25.4. The van der Waals surface area contributed by atoms with E-state index in [1.165, 1.54) is 6.07 Å². The average molecular weight is 388 g/mol. The highest BCUT2D eigenvalue weighted by Gasteiger charge is 2.45. The summed E-state index contributed by atoms with van der Waals surface area (Å²) in [5.41, 5.74) is 0.708. The van der Waals surface area contributed by atoms with Crippen molar-refractivity contribution in [3.05, 3.63) is 35.1 Å². The number of nitriles is 1. The second-order valence-corrected chi connectivity index (χ2v) is 8.02. The third-order valence-corrected chi connectivity index (χ3v) is 5.82. The van der Waals surface area contributed by atoms with Crippen LogP contribution in [-0.2, 0) is 16.1 Å². The van der Waals surface area contributed by atoms with Crippen LogP contribution in [0.5, 0.6) is 0 Å². The van der Waals surface area contributed by atoms with Gasteiger partial charge in [-0.1, -0.05) is 18.9 Å². The molecule has 2 fully saturated rings. The first kappa shape index (κ1) is 20.7. The van der Waals surface area contributed by atoms with E-state index in [0.717, 1.165) is 44.3 Å². The molecule has 1 N–H and O–H groups in total. The number of ether oxygens (including phenoxy) is 1. The molecule has 0 bridgehead atoms. The molecule has 1 spiro atoms. The second kappa shape index (κ2) is 8.99. The Bertz CT molecular complexity index is 744. The maximum Gasteiger partial charge on any atom is 0.236 e. The summed E-state index contributed by atoms with van der Waals surface area (Å²) in [6, 6.07) is 6.78. The zero-order chi connectivity index (χ0) is 20.1. The predicted molar refractivity (Wildman–Crippen MR) is 104 cm³/mol. The minimum Gasteiger partial charge on any atom is -0.371 e. The van der Waals surface area contributed by atoms with E-state index >= 15 is 0 Å². The summed E-state index contributed by atoms with van der Waals surface area (Å²) in [4.78, 5) is 15.9. The molecule has 2 aliphatic rings. The van der Waals surface area contributed by atoms with Crippen LogP contribution in [0.25, 0.3) is 0 Å². The van der Waals surface area contributed by atoms with Crippen molar-refractivity contribution in [1.82, 2.24) is 15.1 Å². The lowest BCUT2D eigenvalue weighted by Gasteiger charge is -2.50. The molecular weight excluding hydrogens is 359 g/mol. The van der Waals surface area contributed by atoms with Crippen molar-refractivity contribution in [3.63, 3.8) is 0 Å². The van der Waals surface area contributed by atoms with Gasteiger partial charge in [0.25, 0.3) is 0 Å². The first-order chi connectivity index (χ1) is 13.4. The summed E-state index contributed by atoms with van der Waals surface area (Å²) >= 11 is 0. The smallest absolute Gasteiger partial charge is 0.236 e. The van der Waals surface area contributed by atoms with E-state index in [1.54, 1.807) is 31.1 Å². The van der Waals surface area contributed by atoms with E-state index in [0.29, 0.717) is 19.7 Å². The van der Waals surface area contributed by atoms with Gasteiger partial charge in [0, 0.05) is 39.8 Å². The molecule has 1 amide bonds. The Balaban J connectivity index is 1.68. The Hall–Kier alpha value is -2.01. The standard InChI is InChI=1S/C21H29FN4O2/c1-25(2)20(27)13-24-19-5-3-4-8-21(19)15-26(9-10-28-21)14-16-6-7-18(22)17(11-16)12-23/h6-7,11,19,24H,3-5,8-10,13-15H2,1-2H3/t19-,21-/m0/s1. The molecule has 1 saturated carbocycles. The number of nitrogens with zero attached hydrogens (tertiary/aromatic N) is 3. The zero-order valence-corrected chi connectivity index (χ0v) is 16.7. The van der Waals surface area contributed by atoms with Crippen molar-refractivity contribution >= 4 is 5.91 Å². The Morgan fingerprint density at radius 3 is 3.04 bits per heavy atom. The van der Waals surface area contributed by atoms with Gasteiger partial charge in [0.1, 0.15) is 11.9 Å². The van der Waals surface area contributed by atoms with Crippen LogP contribution in [0.4, 0.5) is 4.39 Å². The van der Waals surface area contributed by atoms with Gasteiger partial charge in [-0.2, -0.15) is 5.26 Å². The summed E-state index contributed by atoms with van der Waals surface area (Å²) in [5.74, 6) is -0.421. The largest absolute Gasteiger partial charge is 0.371 e. The number of amides is 1.